The van der Waals surface area contributed by atoms with Crippen LogP contribution in [0.1, 0.15) is 77.6 Å². The molecule has 0 aliphatic rings. The van der Waals surface area contributed by atoms with Gasteiger partial charge >= 0.3 is 0 Å². The Morgan fingerprint density at radius 2 is 1.24 bits per heavy atom. The second-order valence-electron chi connectivity index (χ2n) is 4.74. The van der Waals surface area contributed by atoms with E-state index in [1.54, 1.807) is 6.08 Å². The van der Waals surface area contributed by atoms with E-state index in [2.05, 4.69) is 13.0 Å². The topological polar surface area (TPSA) is 20.2 Å². The Morgan fingerprint density at radius 1 is 0.706 bits per heavy atom. The summed E-state index contributed by atoms with van der Waals surface area (Å²) in [5, 5.41) is 8.41. The third kappa shape index (κ3) is 15.3. The van der Waals surface area contributed by atoms with Gasteiger partial charge in [0, 0.05) is 0 Å². The molecular weight excluding hydrogens is 208 g/mol. The fourth-order valence-electron chi connectivity index (χ4n) is 1.97. The van der Waals surface area contributed by atoms with Crippen molar-refractivity contribution in [1.29, 1.82) is 0 Å². The summed E-state index contributed by atoms with van der Waals surface area (Å²) >= 11 is 0. The third-order valence-electron chi connectivity index (χ3n) is 3.06. The Bertz CT molecular complexity index is 182. The highest BCUT2D eigenvalue weighted by Crippen LogP contribution is 2.11. The largest absolute Gasteiger partial charge is 0.516 e. The molecule has 0 saturated carbocycles. The van der Waals surface area contributed by atoms with E-state index in [1.807, 2.05) is 6.08 Å². The number of aliphatic hydroxyl groups is 1. The van der Waals surface area contributed by atoms with Gasteiger partial charge in [0.25, 0.3) is 0 Å². The lowest BCUT2D eigenvalue weighted by atomic mass is 10.1. The number of unbranched alkanes of at least 4 members (excludes halogenated alkanes) is 10. The van der Waals surface area contributed by atoms with E-state index in [4.69, 9.17) is 5.11 Å². The molecule has 0 aromatic rings. The molecule has 0 amide bonds. The van der Waals surface area contributed by atoms with E-state index in [1.165, 1.54) is 64.2 Å². The molecule has 0 saturated heterocycles. The number of aliphatic hydroxyl groups excluding tert-OH is 1. The zero-order valence-corrected chi connectivity index (χ0v) is 11.5. The molecule has 0 unspecified atom stereocenters. The zero-order chi connectivity index (χ0) is 12.6. The van der Waals surface area contributed by atoms with Gasteiger partial charge in [-0.15, -0.1) is 0 Å². The fourth-order valence-corrected chi connectivity index (χ4v) is 1.97. The highest BCUT2D eigenvalue weighted by atomic mass is 16.2. The van der Waals surface area contributed by atoms with Crippen molar-refractivity contribution >= 4 is 0 Å². The Hall–Kier alpha value is -0.720. The monoisotopic (exact) mass is 238 g/mol. The minimum atomic E-state index is 1.08. The van der Waals surface area contributed by atoms with E-state index in [-0.39, 0.29) is 0 Å². The van der Waals surface area contributed by atoms with Gasteiger partial charge in [0.15, 0.2) is 0 Å². The van der Waals surface area contributed by atoms with Crippen LogP contribution < -0.4 is 0 Å². The summed E-state index contributed by atoms with van der Waals surface area (Å²) in [6.45, 7) is 2.27. The van der Waals surface area contributed by atoms with Gasteiger partial charge in [0.2, 0.25) is 0 Å². The SMILES string of the molecule is CCCCCCCCCCCC/C=C\C=C\O. The lowest BCUT2D eigenvalue weighted by Crippen LogP contribution is -1.81. The molecular formula is C16H30O. The number of allylic oxidation sites excluding steroid dienone is 3. The molecule has 0 spiro atoms. The van der Waals surface area contributed by atoms with Gasteiger partial charge in [0.1, 0.15) is 0 Å². The normalized spacial score (nSPS) is 11.8. The predicted octanol–water partition coefficient (Wildman–Crippen LogP) is 5.93. The van der Waals surface area contributed by atoms with E-state index >= 15 is 0 Å². The third-order valence-corrected chi connectivity index (χ3v) is 3.06. The fraction of sp³-hybridized carbons (Fsp3) is 0.750. The minimum absolute atomic E-state index is 1.08. The average molecular weight is 238 g/mol. The summed E-state index contributed by atoms with van der Waals surface area (Å²) in [7, 11) is 0. The summed E-state index contributed by atoms with van der Waals surface area (Å²) in [6.07, 6.45) is 21.8. The van der Waals surface area contributed by atoms with Crippen molar-refractivity contribution in [1.82, 2.24) is 0 Å². The average Bonchev–Trinajstić information content (AvgIpc) is 2.35. The summed E-state index contributed by atoms with van der Waals surface area (Å²) in [5.41, 5.74) is 0. The van der Waals surface area contributed by atoms with Gasteiger partial charge in [0.05, 0.1) is 6.26 Å². The summed E-state index contributed by atoms with van der Waals surface area (Å²) in [4.78, 5) is 0. The van der Waals surface area contributed by atoms with Crippen molar-refractivity contribution < 1.29 is 5.11 Å². The molecule has 100 valence electrons. The summed E-state index contributed by atoms with van der Waals surface area (Å²) in [6, 6.07) is 0. The molecule has 0 heterocycles. The van der Waals surface area contributed by atoms with Crippen LogP contribution in [0, 0.1) is 0 Å². The van der Waals surface area contributed by atoms with Crippen LogP contribution in [0.25, 0.3) is 0 Å². The van der Waals surface area contributed by atoms with E-state index in [9.17, 15) is 0 Å². The number of rotatable bonds is 12. The Balaban J connectivity index is 2.98. The Kier molecular flexibility index (Phi) is 14.6. The van der Waals surface area contributed by atoms with Crippen LogP contribution in [0.2, 0.25) is 0 Å². The second kappa shape index (κ2) is 15.3. The van der Waals surface area contributed by atoms with Crippen LogP contribution in [0.4, 0.5) is 0 Å². The van der Waals surface area contributed by atoms with Crippen LogP contribution in [-0.2, 0) is 0 Å². The molecule has 0 aromatic carbocycles. The first-order chi connectivity index (χ1) is 8.41. The molecule has 0 atom stereocenters. The van der Waals surface area contributed by atoms with Crippen molar-refractivity contribution in [2.75, 3.05) is 0 Å². The van der Waals surface area contributed by atoms with Gasteiger partial charge in [-0.25, -0.2) is 0 Å². The molecule has 0 aliphatic heterocycles. The zero-order valence-electron chi connectivity index (χ0n) is 11.5. The highest BCUT2D eigenvalue weighted by Gasteiger charge is 1.91. The first-order valence-electron chi connectivity index (χ1n) is 7.37. The van der Waals surface area contributed by atoms with Gasteiger partial charge < -0.3 is 5.11 Å². The van der Waals surface area contributed by atoms with Crippen molar-refractivity contribution in [2.45, 2.75) is 77.6 Å². The smallest absolute Gasteiger partial charge is 0.0791 e. The van der Waals surface area contributed by atoms with Crippen LogP contribution in [0.3, 0.4) is 0 Å². The second-order valence-corrected chi connectivity index (χ2v) is 4.74. The predicted molar refractivity (Wildman–Crippen MR) is 77.4 cm³/mol. The molecule has 1 N–H and O–H groups in total. The van der Waals surface area contributed by atoms with Crippen molar-refractivity contribution in [3.8, 4) is 0 Å². The van der Waals surface area contributed by atoms with Gasteiger partial charge in [-0.05, 0) is 18.9 Å². The quantitative estimate of drug-likeness (QED) is 0.254. The van der Waals surface area contributed by atoms with Crippen LogP contribution in [-0.4, -0.2) is 5.11 Å². The molecule has 0 aromatic heterocycles. The summed E-state index contributed by atoms with van der Waals surface area (Å²) < 4.78 is 0. The van der Waals surface area contributed by atoms with Gasteiger partial charge in [-0.2, -0.15) is 0 Å². The lowest BCUT2D eigenvalue weighted by molar-refractivity contribution is 0.473. The molecule has 0 bridgehead atoms. The first-order valence-corrected chi connectivity index (χ1v) is 7.37. The van der Waals surface area contributed by atoms with Crippen LogP contribution >= 0.6 is 0 Å². The molecule has 17 heavy (non-hydrogen) atoms. The maximum atomic E-state index is 8.41. The Labute approximate surface area is 108 Å². The number of hydrogen-bond acceptors (Lipinski definition) is 1. The maximum absolute atomic E-state index is 8.41. The summed E-state index contributed by atoms with van der Waals surface area (Å²) in [5.74, 6) is 0. The number of hydrogen-bond donors (Lipinski definition) is 1. The van der Waals surface area contributed by atoms with E-state index in [0.717, 1.165) is 12.7 Å². The Morgan fingerprint density at radius 3 is 1.76 bits per heavy atom. The molecule has 0 radical (unpaired) electrons. The van der Waals surface area contributed by atoms with E-state index in [0.29, 0.717) is 0 Å². The van der Waals surface area contributed by atoms with Crippen molar-refractivity contribution in [2.24, 2.45) is 0 Å². The minimum Gasteiger partial charge on any atom is -0.516 e. The molecule has 1 nitrogen and oxygen atoms in total. The van der Waals surface area contributed by atoms with Crippen LogP contribution in [0.15, 0.2) is 24.5 Å². The molecule has 0 fully saturated rings. The lowest BCUT2D eigenvalue weighted by Gasteiger charge is -2.01. The highest BCUT2D eigenvalue weighted by molar-refractivity contribution is 4.98. The van der Waals surface area contributed by atoms with Gasteiger partial charge in [-0.3, -0.25) is 0 Å². The maximum Gasteiger partial charge on any atom is 0.0791 e. The van der Waals surface area contributed by atoms with Crippen molar-refractivity contribution in [3.05, 3.63) is 24.5 Å². The van der Waals surface area contributed by atoms with E-state index < -0.39 is 0 Å². The van der Waals surface area contributed by atoms with Crippen LogP contribution in [0.5, 0.6) is 0 Å². The molecule has 0 rings (SSSR count). The molecule has 0 aliphatic carbocycles. The van der Waals surface area contributed by atoms with Gasteiger partial charge in [-0.1, -0.05) is 76.9 Å². The first kappa shape index (κ1) is 16.3. The molecule has 1 heteroatoms. The van der Waals surface area contributed by atoms with Crippen molar-refractivity contribution in [3.63, 3.8) is 0 Å². The standard InChI is InChI=1S/C16H30O/c1-2-3-4-5-6-7-8-9-10-11-12-13-14-15-16-17/h13-17H,2-12H2,1H3/b14-13-,16-15+.